The minimum absolute atomic E-state index is 0.913. The molecule has 0 spiro atoms. The molecular weight excluding hydrogens is 212 g/mol. The van der Waals surface area contributed by atoms with Gasteiger partial charge in [0.05, 0.1) is 13.2 Å². The summed E-state index contributed by atoms with van der Waals surface area (Å²) >= 11 is 0. The third-order valence-electron chi connectivity index (χ3n) is 2.58. The molecule has 0 radical (unpaired) electrons. The molecule has 1 aromatic carbocycles. The van der Waals surface area contributed by atoms with Crippen LogP contribution in [0.5, 0.6) is 0 Å². The second kappa shape index (κ2) is 8.23. The van der Waals surface area contributed by atoms with Gasteiger partial charge in [0.25, 0.3) is 0 Å². The molecule has 17 heavy (non-hydrogen) atoms. The Morgan fingerprint density at radius 3 is 2.12 bits per heavy atom. The predicted octanol–water partition coefficient (Wildman–Crippen LogP) is 1.70. The van der Waals surface area contributed by atoms with E-state index in [1.54, 1.807) is 0 Å². The van der Waals surface area contributed by atoms with Gasteiger partial charge in [0, 0.05) is 19.6 Å². The van der Waals surface area contributed by atoms with E-state index in [2.05, 4.69) is 55.2 Å². The number of benzene rings is 1. The summed E-state index contributed by atoms with van der Waals surface area (Å²) in [7, 11) is 6.27. The number of likely N-dealkylation sites (N-methyl/N-ethyl adjacent to an activating group) is 1. The van der Waals surface area contributed by atoms with Crippen LogP contribution in [0.25, 0.3) is 0 Å². The molecule has 1 heterocycles. The molecule has 0 unspecified atom stereocenters. The summed E-state index contributed by atoms with van der Waals surface area (Å²) in [6.07, 6.45) is 0. The van der Waals surface area contributed by atoms with Gasteiger partial charge < -0.3 is 14.5 Å². The summed E-state index contributed by atoms with van der Waals surface area (Å²) < 4.78 is 5.10. The third kappa shape index (κ3) is 7.10. The van der Waals surface area contributed by atoms with E-state index in [1.165, 1.54) is 5.56 Å². The molecule has 0 aromatic heterocycles. The topological polar surface area (TPSA) is 15.7 Å². The first-order valence-corrected chi connectivity index (χ1v) is 6.13. The molecular formula is C14H24N2O. The first kappa shape index (κ1) is 14.2. The SMILES string of the molecule is CN(C)Cc1ccccc1.CN1CCOCC1. The second-order valence-corrected chi connectivity index (χ2v) is 4.64. The average Bonchev–Trinajstić information content (AvgIpc) is 2.31. The van der Waals surface area contributed by atoms with E-state index >= 15 is 0 Å². The van der Waals surface area contributed by atoms with Gasteiger partial charge in [0.2, 0.25) is 0 Å². The third-order valence-corrected chi connectivity index (χ3v) is 2.58. The summed E-state index contributed by atoms with van der Waals surface area (Å²) in [6, 6.07) is 10.5. The lowest BCUT2D eigenvalue weighted by atomic mass is 10.2. The number of morpholine rings is 1. The van der Waals surface area contributed by atoms with Crippen LogP contribution in [0.15, 0.2) is 30.3 Å². The van der Waals surface area contributed by atoms with Crippen molar-refractivity contribution < 1.29 is 4.74 Å². The van der Waals surface area contributed by atoms with E-state index in [9.17, 15) is 0 Å². The van der Waals surface area contributed by atoms with Crippen LogP contribution < -0.4 is 0 Å². The summed E-state index contributed by atoms with van der Waals surface area (Å²) in [5.41, 5.74) is 1.37. The Morgan fingerprint density at radius 2 is 1.71 bits per heavy atom. The molecule has 3 heteroatoms. The number of nitrogens with zero attached hydrogens (tertiary/aromatic N) is 2. The van der Waals surface area contributed by atoms with Crippen molar-refractivity contribution in [1.29, 1.82) is 0 Å². The lowest BCUT2D eigenvalue weighted by Crippen LogP contribution is -2.32. The van der Waals surface area contributed by atoms with Crippen LogP contribution in [0.1, 0.15) is 5.56 Å². The predicted molar refractivity (Wildman–Crippen MR) is 72.1 cm³/mol. The number of hydrogen-bond acceptors (Lipinski definition) is 3. The van der Waals surface area contributed by atoms with E-state index < -0.39 is 0 Å². The highest BCUT2D eigenvalue weighted by molar-refractivity contribution is 5.14. The van der Waals surface area contributed by atoms with Crippen molar-refractivity contribution in [2.24, 2.45) is 0 Å². The van der Waals surface area contributed by atoms with Gasteiger partial charge in [-0.25, -0.2) is 0 Å². The highest BCUT2D eigenvalue weighted by atomic mass is 16.5. The molecule has 1 aromatic rings. The number of rotatable bonds is 2. The van der Waals surface area contributed by atoms with Gasteiger partial charge >= 0.3 is 0 Å². The Kier molecular flexibility index (Phi) is 6.86. The van der Waals surface area contributed by atoms with E-state index in [0.717, 1.165) is 32.8 Å². The lowest BCUT2D eigenvalue weighted by molar-refractivity contribution is 0.0503. The Labute approximate surface area is 105 Å². The van der Waals surface area contributed by atoms with E-state index in [4.69, 9.17) is 4.74 Å². The largest absolute Gasteiger partial charge is 0.379 e. The quantitative estimate of drug-likeness (QED) is 0.777. The molecule has 1 saturated heterocycles. The minimum atomic E-state index is 0.913. The lowest BCUT2D eigenvalue weighted by Gasteiger charge is -2.21. The Balaban J connectivity index is 0.000000181. The number of hydrogen-bond donors (Lipinski definition) is 0. The van der Waals surface area contributed by atoms with Crippen LogP contribution >= 0.6 is 0 Å². The maximum Gasteiger partial charge on any atom is 0.0594 e. The van der Waals surface area contributed by atoms with Crippen LogP contribution in [-0.2, 0) is 11.3 Å². The van der Waals surface area contributed by atoms with Gasteiger partial charge in [-0.15, -0.1) is 0 Å². The van der Waals surface area contributed by atoms with Crippen LogP contribution in [-0.4, -0.2) is 57.2 Å². The smallest absolute Gasteiger partial charge is 0.0594 e. The Bertz CT molecular complexity index is 282. The Morgan fingerprint density at radius 1 is 1.12 bits per heavy atom. The highest BCUT2D eigenvalue weighted by Gasteiger charge is 2.02. The van der Waals surface area contributed by atoms with Crippen molar-refractivity contribution in [2.75, 3.05) is 47.4 Å². The first-order valence-electron chi connectivity index (χ1n) is 6.13. The molecule has 0 N–H and O–H groups in total. The highest BCUT2D eigenvalue weighted by Crippen LogP contribution is 1.99. The summed E-state index contributed by atoms with van der Waals surface area (Å²) in [6.45, 7) is 5.05. The van der Waals surface area contributed by atoms with Crippen LogP contribution in [0.3, 0.4) is 0 Å². The molecule has 96 valence electrons. The van der Waals surface area contributed by atoms with Crippen molar-refractivity contribution in [3.05, 3.63) is 35.9 Å². The van der Waals surface area contributed by atoms with Crippen molar-refractivity contribution in [1.82, 2.24) is 9.80 Å². The second-order valence-electron chi connectivity index (χ2n) is 4.64. The van der Waals surface area contributed by atoms with Crippen LogP contribution in [0.2, 0.25) is 0 Å². The minimum Gasteiger partial charge on any atom is -0.379 e. The molecule has 3 nitrogen and oxygen atoms in total. The van der Waals surface area contributed by atoms with Crippen molar-refractivity contribution in [3.8, 4) is 0 Å². The zero-order valence-electron chi connectivity index (χ0n) is 11.2. The standard InChI is InChI=1S/C9H13N.C5H11NO/c1-10(2)8-9-6-4-3-5-7-9;1-6-2-4-7-5-3-6/h3-7H,8H2,1-2H3;2-5H2,1H3. The van der Waals surface area contributed by atoms with Crippen molar-refractivity contribution >= 4 is 0 Å². The zero-order valence-corrected chi connectivity index (χ0v) is 11.2. The van der Waals surface area contributed by atoms with Gasteiger partial charge in [0.1, 0.15) is 0 Å². The van der Waals surface area contributed by atoms with Crippen molar-refractivity contribution in [2.45, 2.75) is 6.54 Å². The summed E-state index contributed by atoms with van der Waals surface area (Å²) in [5, 5.41) is 0. The molecule has 0 saturated carbocycles. The van der Waals surface area contributed by atoms with Gasteiger partial charge in [-0.05, 0) is 26.7 Å². The molecule has 0 atom stereocenters. The fourth-order valence-corrected chi connectivity index (χ4v) is 1.60. The van der Waals surface area contributed by atoms with Gasteiger partial charge in [-0.1, -0.05) is 30.3 Å². The first-order chi connectivity index (χ1) is 8.18. The zero-order chi connectivity index (χ0) is 12.5. The van der Waals surface area contributed by atoms with Gasteiger partial charge in [0.15, 0.2) is 0 Å². The van der Waals surface area contributed by atoms with Crippen LogP contribution in [0, 0.1) is 0 Å². The monoisotopic (exact) mass is 236 g/mol. The van der Waals surface area contributed by atoms with Crippen LogP contribution in [0.4, 0.5) is 0 Å². The van der Waals surface area contributed by atoms with E-state index in [1.807, 2.05) is 6.07 Å². The average molecular weight is 236 g/mol. The molecule has 1 aliphatic rings. The molecule has 1 fully saturated rings. The Hall–Kier alpha value is -0.900. The molecule has 0 amide bonds. The maximum atomic E-state index is 5.10. The molecule has 2 rings (SSSR count). The van der Waals surface area contributed by atoms with E-state index in [-0.39, 0.29) is 0 Å². The summed E-state index contributed by atoms with van der Waals surface area (Å²) in [5.74, 6) is 0. The summed E-state index contributed by atoms with van der Waals surface area (Å²) in [4.78, 5) is 4.43. The van der Waals surface area contributed by atoms with E-state index in [0.29, 0.717) is 0 Å². The van der Waals surface area contributed by atoms with Gasteiger partial charge in [-0.2, -0.15) is 0 Å². The fraction of sp³-hybridized carbons (Fsp3) is 0.571. The molecule has 1 aliphatic heterocycles. The maximum absolute atomic E-state index is 5.10. The van der Waals surface area contributed by atoms with Crippen molar-refractivity contribution in [3.63, 3.8) is 0 Å². The molecule has 0 aliphatic carbocycles. The normalized spacial score (nSPS) is 16.5. The number of ether oxygens (including phenoxy) is 1. The van der Waals surface area contributed by atoms with Gasteiger partial charge in [-0.3, -0.25) is 0 Å². The fourth-order valence-electron chi connectivity index (χ4n) is 1.60. The molecule has 0 bridgehead atoms.